The molecule has 1 aromatic carbocycles. The molecule has 0 aliphatic heterocycles. The molecule has 1 aliphatic rings. The maximum Gasteiger partial charge on any atom is 0.251 e. The Morgan fingerprint density at radius 3 is 2.79 bits per heavy atom. The number of carbonyl (C=O) groups excluding carboxylic acids is 1. The summed E-state index contributed by atoms with van der Waals surface area (Å²) in [4.78, 5) is 12.2. The van der Waals surface area contributed by atoms with Crippen LogP contribution in [0.1, 0.15) is 41.8 Å². The first-order chi connectivity index (χ1) is 8.95. The second-order valence-electron chi connectivity index (χ2n) is 5.70. The molecule has 19 heavy (non-hydrogen) atoms. The van der Waals surface area contributed by atoms with Gasteiger partial charge in [0, 0.05) is 17.2 Å². The zero-order valence-electron chi connectivity index (χ0n) is 11.7. The van der Waals surface area contributed by atoms with E-state index in [1.165, 1.54) is 0 Å². The van der Waals surface area contributed by atoms with Crippen molar-refractivity contribution in [2.45, 2.75) is 33.2 Å². The average Bonchev–Trinajstić information content (AvgIpc) is 2.95. The summed E-state index contributed by atoms with van der Waals surface area (Å²) in [6, 6.07) is 5.91. The number of carbonyl (C=O) groups is 1. The van der Waals surface area contributed by atoms with Gasteiger partial charge in [0.25, 0.3) is 5.91 Å². The fraction of sp³-hybridized carbons (Fsp3) is 0.438. The second kappa shape index (κ2) is 5.07. The summed E-state index contributed by atoms with van der Waals surface area (Å²) in [5, 5.41) is 3.07. The first kappa shape index (κ1) is 13.6. The van der Waals surface area contributed by atoms with E-state index in [1.807, 2.05) is 25.1 Å². The fourth-order valence-electron chi connectivity index (χ4n) is 2.11. The van der Waals surface area contributed by atoms with E-state index < -0.39 is 0 Å². The molecular formula is C16H20N2O. The molecule has 2 rings (SSSR count). The van der Waals surface area contributed by atoms with Gasteiger partial charge in [-0.25, -0.2) is 0 Å². The third-order valence-electron chi connectivity index (χ3n) is 3.72. The van der Waals surface area contributed by atoms with Crippen molar-refractivity contribution in [3.8, 4) is 11.8 Å². The predicted molar refractivity (Wildman–Crippen MR) is 76.8 cm³/mol. The van der Waals surface area contributed by atoms with E-state index >= 15 is 0 Å². The zero-order valence-corrected chi connectivity index (χ0v) is 11.7. The van der Waals surface area contributed by atoms with Crippen LogP contribution in [0.4, 0.5) is 0 Å². The zero-order chi connectivity index (χ0) is 14.0. The Hall–Kier alpha value is -1.79. The van der Waals surface area contributed by atoms with Crippen LogP contribution in [0.25, 0.3) is 0 Å². The Kier molecular flexibility index (Phi) is 3.64. The molecule has 1 aliphatic carbocycles. The van der Waals surface area contributed by atoms with Gasteiger partial charge in [0.05, 0.1) is 6.54 Å². The fourth-order valence-corrected chi connectivity index (χ4v) is 2.11. The molecule has 1 atom stereocenters. The lowest BCUT2D eigenvalue weighted by Gasteiger charge is -2.10. The topological polar surface area (TPSA) is 55.1 Å². The van der Waals surface area contributed by atoms with Crippen molar-refractivity contribution in [3.05, 3.63) is 34.9 Å². The molecule has 1 amide bonds. The van der Waals surface area contributed by atoms with Crippen molar-refractivity contribution >= 4 is 5.91 Å². The van der Waals surface area contributed by atoms with Gasteiger partial charge in [-0.2, -0.15) is 0 Å². The molecule has 0 radical (unpaired) electrons. The maximum atomic E-state index is 12.2. The van der Waals surface area contributed by atoms with Gasteiger partial charge in [0.1, 0.15) is 0 Å². The van der Waals surface area contributed by atoms with Crippen LogP contribution < -0.4 is 11.1 Å². The van der Waals surface area contributed by atoms with Gasteiger partial charge in [-0.3, -0.25) is 4.79 Å². The largest absolute Gasteiger partial charge is 0.349 e. The summed E-state index contributed by atoms with van der Waals surface area (Å²) in [6.07, 6.45) is 1.05. The van der Waals surface area contributed by atoms with Crippen LogP contribution >= 0.6 is 0 Å². The number of hydrogen-bond acceptors (Lipinski definition) is 2. The van der Waals surface area contributed by atoms with Crippen molar-refractivity contribution in [3.63, 3.8) is 0 Å². The van der Waals surface area contributed by atoms with Crippen LogP contribution in [-0.2, 0) is 0 Å². The van der Waals surface area contributed by atoms with Crippen LogP contribution in [0.5, 0.6) is 0 Å². The van der Waals surface area contributed by atoms with E-state index in [9.17, 15) is 4.79 Å². The molecule has 0 bridgehead atoms. The number of hydrogen-bond donors (Lipinski definition) is 2. The highest BCUT2D eigenvalue weighted by atomic mass is 16.1. The van der Waals surface area contributed by atoms with Crippen LogP contribution in [0.2, 0.25) is 0 Å². The normalized spacial score (nSPS) is 19.3. The SMILES string of the molecule is Cc1c(C#CCN)cccc1C(=O)NC1CC1(C)C. The van der Waals surface area contributed by atoms with Crippen LogP contribution in [0, 0.1) is 24.2 Å². The molecule has 1 unspecified atom stereocenters. The van der Waals surface area contributed by atoms with Crippen molar-refractivity contribution in [1.82, 2.24) is 5.32 Å². The average molecular weight is 256 g/mol. The lowest BCUT2D eigenvalue weighted by atomic mass is 10.0. The van der Waals surface area contributed by atoms with E-state index in [0.717, 1.165) is 17.5 Å². The minimum absolute atomic E-state index is 0.00975. The van der Waals surface area contributed by atoms with Crippen molar-refractivity contribution in [2.75, 3.05) is 6.54 Å². The van der Waals surface area contributed by atoms with E-state index in [-0.39, 0.29) is 17.4 Å². The van der Waals surface area contributed by atoms with Crippen molar-refractivity contribution in [2.24, 2.45) is 11.1 Å². The number of amides is 1. The Morgan fingerprint density at radius 2 is 2.21 bits per heavy atom. The van der Waals surface area contributed by atoms with Gasteiger partial charge in [0.15, 0.2) is 0 Å². The van der Waals surface area contributed by atoms with E-state index in [2.05, 4.69) is 31.0 Å². The molecule has 0 spiro atoms. The summed E-state index contributed by atoms with van der Waals surface area (Å²) in [6.45, 7) is 6.57. The maximum absolute atomic E-state index is 12.2. The first-order valence-electron chi connectivity index (χ1n) is 6.55. The highest BCUT2D eigenvalue weighted by Gasteiger charge is 2.46. The smallest absolute Gasteiger partial charge is 0.251 e. The molecule has 1 fully saturated rings. The summed E-state index contributed by atoms with van der Waals surface area (Å²) < 4.78 is 0. The molecule has 100 valence electrons. The van der Waals surface area contributed by atoms with Gasteiger partial charge < -0.3 is 11.1 Å². The summed E-state index contributed by atoms with van der Waals surface area (Å²) in [5.41, 5.74) is 8.10. The molecule has 0 saturated heterocycles. The predicted octanol–water partition coefficient (Wildman–Crippen LogP) is 1.83. The highest BCUT2D eigenvalue weighted by molar-refractivity contribution is 5.96. The molecule has 1 aromatic rings. The van der Waals surface area contributed by atoms with Crippen LogP contribution in [-0.4, -0.2) is 18.5 Å². The monoisotopic (exact) mass is 256 g/mol. The van der Waals surface area contributed by atoms with E-state index in [4.69, 9.17) is 5.73 Å². The lowest BCUT2D eigenvalue weighted by molar-refractivity contribution is 0.0945. The number of nitrogens with two attached hydrogens (primary N) is 1. The van der Waals surface area contributed by atoms with Gasteiger partial charge in [-0.15, -0.1) is 0 Å². The Balaban J connectivity index is 2.18. The molecule has 3 N–H and O–H groups in total. The quantitative estimate of drug-likeness (QED) is 0.793. The number of benzene rings is 1. The standard InChI is InChI=1S/C16H20N2O/c1-11-12(7-5-9-17)6-4-8-13(11)15(19)18-14-10-16(14,2)3/h4,6,8,14H,9-10,17H2,1-3H3,(H,18,19). The van der Waals surface area contributed by atoms with Crippen LogP contribution in [0.3, 0.4) is 0 Å². The molecule has 3 heteroatoms. The van der Waals surface area contributed by atoms with Gasteiger partial charge in [0.2, 0.25) is 0 Å². The summed E-state index contributed by atoms with van der Waals surface area (Å²) >= 11 is 0. The highest BCUT2D eigenvalue weighted by Crippen LogP contribution is 2.44. The molecule has 0 heterocycles. The van der Waals surface area contributed by atoms with Gasteiger partial charge >= 0.3 is 0 Å². The Bertz CT molecular complexity index is 564. The third-order valence-corrected chi connectivity index (χ3v) is 3.72. The van der Waals surface area contributed by atoms with E-state index in [1.54, 1.807) is 0 Å². The van der Waals surface area contributed by atoms with Crippen LogP contribution in [0.15, 0.2) is 18.2 Å². The van der Waals surface area contributed by atoms with Crippen molar-refractivity contribution in [1.29, 1.82) is 0 Å². The first-order valence-corrected chi connectivity index (χ1v) is 6.55. The molecule has 1 saturated carbocycles. The Labute approximate surface area is 114 Å². The third kappa shape index (κ3) is 2.97. The molecular weight excluding hydrogens is 236 g/mol. The van der Waals surface area contributed by atoms with Crippen molar-refractivity contribution < 1.29 is 4.79 Å². The minimum atomic E-state index is -0.00975. The van der Waals surface area contributed by atoms with Gasteiger partial charge in [-0.1, -0.05) is 31.8 Å². The molecule has 3 nitrogen and oxygen atoms in total. The molecule has 0 aromatic heterocycles. The summed E-state index contributed by atoms with van der Waals surface area (Å²) in [5.74, 6) is 5.81. The number of rotatable bonds is 2. The summed E-state index contributed by atoms with van der Waals surface area (Å²) in [7, 11) is 0. The minimum Gasteiger partial charge on any atom is -0.349 e. The number of nitrogens with one attached hydrogen (secondary N) is 1. The Morgan fingerprint density at radius 1 is 1.53 bits per heavy atom. The van der Waals surface area contributed by atoms with E-state index in [0.29, 0.717) is 12.1 Å². The lowest BCUT2D eigenvalue weighted by Crippen LogP contribution is -2.29. The second-order valence-corrected chi connectivity index (χ2v) is 5.70. The van der Waals surface area contributed by atoms with Gasteiger partial charge in [-0.05, 0) is 36.5 Å².